The molecule has 0 radical (unpaired) electrons. The summed E-state index contributed by atoms with van der Waals surface area (Å²) in [5.74, 6) is 0.527. The van der Waals surface area contributed by atoms with E-state index in [9.17, 15) is 9.59 Å². The Bertz CT molecular complexity index is 676. The number of carbonyl (C=O) groups excluding carboxylic acids is 1. The number of aromatic nitrogens is 2. The van der Waals surface area contributed by atoms with Crippen LogP contribution in [0.3, 0.4) is 0 Å². The molecule has 1 N–H and O–H groups in total. The second-order valence-corrected chi connectivity index (χ2v) is 4.46. The largest absolute Gasteiger partial charge is 0.331 e. The number of fused-ring (bicyclic) bond motifs is 1. The minimum absolute atomic E-state index is 0.111. The summed E-state index contributed by atoms with van der Waals surface area (Å²) in [6, 6.07) is 6.94. The molecule has 100 valence electrons. The molecule has 2 rings (SSSR count). The Balaban J connectivity index is 2.36. The van der Waals surface area contributed by atoms with Gasteiger partial charge in [0.15, 0.2) is 0 Å². The summed E-state index contributed by atoms with van der Waals surface area (Å²) in [5.41, 5.74) is 0.527. The summed E-state index contributed by atoms with van der Waals surface area (Å²) in [7, 11) is 4.96. The Labute approximate surface area is 110 Å². The number of urea groups is 1. The highest BCUT2D eigenvalue weighted by Gasteiger charge is 2.09. The SMILES string of the molecule is CN(C)C(=O)NCc1nc2ccccc2c(=O)n1C. The van der Waals surface area contributed by atoms with Crippen LogP contribution in [0.5, 0.6) is 0 Å². The normalized spacial score (nSPS) is 10.5. The Hall–Kier alpha value is -2.37. The molecule has 0 aliphatic rings. The van der Waals surface area contributed by atoms with Crippen LogP contribution in [0.4, 0.5) is 4.79 Å². The highest BCUT2D eigenvalue weighted by atomic mass is 16.2. The van der Waals surface area contributed by atoms with E-state index in [1.165, 1.54) is 9.47 Å². The maximum Gasteiger partial charge on any atom is 0.317 e. The van der Waals surface area contributed by atoms with E-state index in [0.29, 0.717) is 16.7 Å². The summed E-state index contributed by atoms with van der Waals surface area (Å²) < 4.78 is 1.46. The van der Waals surface area contributed by atoms with Gasteiger partial charge in [-0.3, -0.25) is 9.36 Å². The zero-order valence-corrected chi connectivity index (χ0v) is 11.2. The minimum atomic E-state index is -0.220. The van der Waals surface area contributed by atoms with E-state index < -0.39 is 0 Å². The first kappa shape index (κ1) is 13.1. The van der Waals surface area contributed by atoms with Crippen molar-refractivity contribution in [3.05, 3.63) is 40.4 Å². The zero-order chi connectivity index (χ0) is 14.0. The molecule has 0 atom stereocenters. The second-order valence-electron chi connectivity index (χ2n) is 4.46. The number of amides is 2. The maximum absolute atomic E-state index is 12.1. The van der Waals surface area contributed by atoms with E-state index in [1.807, 2.05) is 6.07 Å². The molecule has 0 saturated heterocycles. The molecule has 2 amide bonds. The van der Waals surface area contributed by atoms with Crippen LogP contribution in [0.25, 0.3) is 10.9 Å². The van der Waals surface area contributed by atoms with E-state index in [-0.39, 0.29) is 18.1 Å². The molecule has 0 unspecified atom stereocenters. The van der Waals surface area contributed by atoms with Gasteiger partial charge in [-0.1, -0.05) is 12.1 Å². The highest BCUT2D eigenvalue weighted by Crippen LogP contribution is 2.06. The molecule has 0 aliphatic heterocycles. The van der Waals surface area contributed by atoms with Crippen LogP contribution in [-0.4, -0.2) is 34.6 Å². The first-order valence-electron chi connectivity index (χ1n) is 5.90. The van der Waals surface area contributed by atoms with E-state index in [1.54, 1.807) is 39.3 Å². The molecular formula is C13H16N4O2. The fourth-order valence-electron chi connectivity index (χ4n) is 1.73. The summed E-state index contributed by atoms with van der Waals surface area (Å²) in [6.07, 6.45) is 0. The Morgan fingerprint density at radius 1 is 1.37 bits per heavy atom. The van der Waals surface area contributed by atoms with Gasteiger partial charge in [0.1, 0.15) is 5.82 Å². The fraction of sp³-hybridized carbons (Fsp3) is 0.308. The number of rotatable bonds is 2. The van der Waals surface area contributed by atoms with Crippen LogP contribution in [-0.2, 0) is 13.6 Å². The van der Waals surface area contributed by atoms with Gasteiger partial charge in [-0.2, -0.15) is 0 Å². The minimum Gasteiger partial charge on any atom is -0.331 e. The third-order valence-corrected chi connectivity index (χ3v) is 2.88. The van der Waals surface area contributed by atoms with Gasteiger partial charge in [-0.25, -0.2) is 9.78 Å². The third kappa shape index (κ3) is 2.57. The standard InChI is InChI=1S/C13H16N4O2/c1-16(2)13(19)14-8-11-15-10-7-5-4-6-9(10)12(18)17(11)3/h4-7H,8H2,1-3H3,(H,14,19). The molecule has 6 nitrogen and oxygen atoms in total. The van der Waals surface area contributed by atoms with Gasteiger partial charge in [-0.15, -0.1) is 0 Å². The first-order valence-corrected chi connectivity index (χ1v) is 5.90. The highest BCUT2D eigenvalue weighted by molar-refractivity contribution is 5.77. The van der Waals surface area contributed by atoms with Crippen LogP contribution >= 0.6 is 0 Å². The summed E-state index contributed by atoms with van der Waals surface area (Å²) in [5, 5.41) is 3.27. The van der Waals surface area contributed by atoms with Gasteiger partial charge in [0, 0.05) is 21.1 Å². The summed E-state index contributed by atoms with van der Waals surface area (Å²) in [4.78, 5) is 29.4. The average molecular weight is 260 g/mol. The fourth-order valence-corrected chi connectivity index (χ4v) is 1.73. The number of benzene rings is 1. The van der Waals surface area contributed by atoms with Crippen molar-refractivity contribution in [3.8, 4) is 0 Å². The molecule has 1 aromatic heterocycles. The number of hydrogen-bond acceptors (Lipinski definition) is 3. The maximum atomic E-state index is 12.1. The summed E-state index contributed by atoms with van der Waals surface area (Å²) >= 11 is 0. The molecule has 0 saturated carbocycles. The average Bonchev–Trinajstić information content (AvgIpc) is 2.40. The molecule has 0 spiro atoms. The van der Waals surface area contributed by atoms with Gasteiger partial charge in [0.2, 0.25) is 0 Å². The van der Waals surface area contributed by atoms with Crippen molar-refractivity contribution < 1.29 is 4.79 Å². The Morgan fingerprint density at radius 2 is 2.05 bits per heavy atom. The lowest BCUT2D eigenvalue weighted by Gasteiger charge is -2.13. The predicted octanol–water partition coefficient (Wildman–Crippen LogP) is 0.705. The number of hydrogen-bond donors (Lipinski definition) is 1. The van der Waals surface area contributed by atoms with Crippen LogP contribution < -0.4 is 10.9 Å². The van der Waals surface area contributed by atoms with Crippen molar-refractivity contribution in [2.45, 2.75) is 6.54 Å². The Morgan fingerprint density at radius 3 is 2.74 bits per heavy atom. The first-order chi connectivity index (χ1) is 9.00. The van der Waals surface area contributed by atoms with Crippen LogP contribution in [0.2, 0.25) is 0 Å². The van der Waals surface area contributed by atoms with Gasteiger partial charge in [0.05, 0.1) is 17.4 Å². The quantitative estimate of drug-likeness (QED) is 0.864. The molecule has 0 bridgehead atoms. The molecule has 19 heavy (non-hydrogen) atoms. The molecule has 2 aromatic rings. The van der Waals surface area contributed by atoms with Crippen molar-refractivity contribution >= 4 is 16.9 Å². The van der Waals surface area contributed by atoms with Crippen molar-refractivity contribution in [2.24, 2.45) is 7.05 Å². The van der Waals surface area contributed by atoms with E-state index in [2.05, 4.69) is 10.3 Å². The van der Waals surface area contributed by atoms with Crippen LogP contribution in [0.15, 0.2) is 29.1 Å². The van der Waals surface area contributed by atoms with Gasteiger partial charge in [-0.05, 0) is 12.1 Å². The number of nitrogens with one attached hydrogen (secondary N) is 1. The van der Waals surface area contributed by atoms with Crippen molar-refractivity contribution in [1.82, 2.24) is 19.8 Å². The van der Waals surface area contributed by atoms with Gasteiger partial charge < -0.3 is 10.2 Å². The van der Waals surface area contributed by atoms with E-state index >= 15 is 0 Å². The third-order valence-electron chi connectivity index (χ3n) is 2.88. The van der Waals surface area contributed by atoms with Crippen molar-refractivity contribution in [3.63, 3.8) is 0 Å². The monoisotopic (exact) mass is 260 g/mol. The molecule has 1 heterocycles. The molecule has 6 heteroatoms. The van der Waals surface area contributed by atoms with Crippen LogP contribution in [0.1, 0.15) is 5.82 Å². The van der Waals surface area contributed by atoms with Gasteiger partial charge in [0.25, 0.3) is 5.56 Å². The van der Waals surface area contributed by atoms with Crippen LogP contribution in [0, 0.1) is 0 Å². The summed E-state index contributed by atoms with van der Waals surface area (Å²) in [6.45, 7) is 0.216. The number of carbonyl (C=O) groups is 1. The van der Waals surface area contributed by atoms with Gasteiger partial charge >= 0.3 is 6.03 Å². The van der Waals surface area contributed by atoms with Crippen molar-refractivity contribution in [1.29, 1.82) is 0 Å². The second kappa shape index (κ2) is 5.09. The lowest BCUT2D eigenvalue weighted by molar-refractivity contribution is 0.216. The molecular weight excluding hydrogens is 244 g/mol. The Kier molecular flexibility index (Phi) is 3.50. The topological polar surface area (TPSA) is 67.2 Å². The van der Waals surface area contributed by atoms with E-state index in [4.69, 9.17) is 0 Å². The number of para-hydroxylation sites is 1. The van der Waals surface area contributed by atoms with Crippen molar-refractivity contribution in [2.75, 3.05) is 14.1 Å². The smallest absolute Gasteiger partial charge is 0.317 e. The molecule has 0 fully saturated rings. The molecule has 0 aliphatic carbocycles. The lowest BCUT2D eigenvalue weighted by Crippen LogP contribution is -2.36. The predicted molar refractivity (Wildman–Crippen MR) is 72.9 cm³/mol. The van der Waals surface area contributed by atoms with E-state index in [0.717, 1.165) is 0 Å². The number of nitrogens with zero attached hydrogens (tertiary/aromatic N) is 3. The molecule has 1 aromatic carbocycles. The lowest BCUT2D eigenvalue weighted by atomic mass is 10.2. The zero-order valence-electron chi connectivity index (χ0n) is 11.2.